The summed E-state index contributed by atoms with van der Waals surface area (Å²) in [5, 5.41) is 0. The van der Waals surface area contributed by atoms with E-state index in [0.29, 0.717) is 12.1 Å². The third-order valence-corrected chi connectivity index (χ3v) is 4.24. The first kappa shape index (κ1) is 19.4. The van der Waals surface area contributed by atoms with Crippen molar-refractivity contribution in [2.24, 2.45) is 0 Å². The molecule has 0 fully saturated rings. The smallest absolute Gasteiger partial charge is 0.416 e. The van der Waals surface area contributed by atoms with Crippen LogP contribution < -0.4 is 4.74 Å². The quantitative estimate of drug-likeness (QED) is 0.505. The number of hydrogen-bond donors (Lipinski definition) is 0. The minimum atomic E-state index is -5.03. The molecular formula is C14H7ClF6O3S. The van der Waals surface area contributed by atoms with Crippen LogP contribution in [0.25, 0.3) is 0 Å². The number of benzene rings is 2. The molecule has 11 heteroatoms. The van der Waals surface area contributed by atoms with Crippen LogP contribution >= 0.6 is 10.7 Å². The summed E-state index contributed by atoms with van der Waals surface area (Å²) in [5.74, 6) is -1.06. The Labute approximate surface area is 142 Å². The van der Waals surface area contributed by atoms with Gasteiger partial charge in [0.05, 0.1) is 16.0 Å². The summed E-state index contributed by atoms with van der Waals surface area (Å²) in [4.78, 5) is -0.422. The molecule has 0 heterocycles. The molecule has 25 heavy (non-hydrogen) atoms. The van der Waals surface area contributed by atoms with Crippen molar-refractivity contribution in [3.8, 4) is 11.5 Å². The van der Waals surface area contributed by atoms with E-state index in [2.05, 4.69) is 0 Å². The lowest BCUT2D eigenvalue weighted by atomic mass is 10.1. The molecule has 0 atom stereocenters. The van der Waals surface area contributed by atoms with E-state index in [4.69, 9.17) is 15.4 Å². The molecule has 0 aliphatic carbocycles. The van der Waals surface area contributed by atoms with E-state index < -0.39 is 43.2 Å². The van der Waals surface area contributed by atoms with Gasteiger partial charge >= 0.3 is 12.4 Å². The Hall–Kier alpha value is -1.94. The van der Waals surface area contributed by atoms with Crippen molar-refractivity contribution in [2.45, 2.75) is 17.2 Å². The highest BCUT2D eigenvalue weighted by atomic mass is 35.7. The van der Waals surface area contributed by atoms with Gasteiger partial charge in [0, 0.05) is 16.7 Å². The van der Waals surface area contributed by atoms with Crippen LogP contribution in [-0.2, 0) is 21.4 Å². The minimum absolute atomic E-state index is 0.0491. The molecule has 0 N–H and O–H groups in total. The number of rotatable bonds is 3. The highest BCUT2D eigenvalue weighted by molar-refractivity contribution is 8.13. The zero-order valence-electron chi connectivity index (χ0n) is 11.8. The Morgan fingerprint density at radius 1 is 0.800 bits per heavy atom. The highest BCUT2D eigenvalue weighted by Gasteiger charge is 2.37. The van der Waals surface area contributed by atoms with Gasteiger partial charge in [-0.05, 0) is 30.3 Å². The van der Waals surface area contributed by atoms with Gasteiger partial charge in [-0.25, -0.2) is 8.42 Å². The Balaban J connectivity index is 2.49. The summed E-state index contributed by atoms with van der Waals surface area (Å²) >= 11 is 0. The lowest BCUT2D eigenvalue weighted by Gasteiger charge is -2.14. The second-order valence-corrected chi connectivity index (χ2v) is 7.32. The van der Waals surface area contributed by atoms with Crippen LogP contribution in [-0.4, -0.2) is 8.42 Å². The molecule has 0 amide bonds. The molecule has 0 aromatic heterocycles. The molecule has 0 saturated carbocycles. The predicted octanol–water partition coefficient (Wildman–Crippen LogP) is 5.44. The second kappa shape index (κ2) is 6.41. The van der Waals surface area contributed by atoms with E-state index in [1.54, 1.807) is 0 Å². The zero-order chi connectivity index (χ0) is 19.0. The molecule has 0 bridgehead atoms. The Morgan fingerprint density at radius 3 is 1.76 bits per heavy atom. The minimum Gasteiger partial charge on any atom is -0.457 e. The molecule has 0 unspecified atom stereocenters. The van der Waals surface area contributed by atoms with Crippen LogP contribution in [0.1, 0.15) is 11.1 Å². The van der Waals surface area contributed by atoms with Crippen molar-refractivity contribution >= 4 is 19.7 Å². The Bertz CT molecular complexity index is 858. The van der Waals surface area contributed by atoms with Crippen molar-refractivity contribution in [3.63, 3.8) is 0 Å². The summed E-state index contributed by atoms with van der Waals surface area (Å²) in [6.07, 6.45) is -10.1. The van der Waals surface area contributed by atoms with Gasteiger partial charge in [-0.3, -0.25) is 0 Å². The topological polar surface area (TPSA) is 43.4 Å². The maximum Gasteiger partial charge on any atom is 0.416 e. The first-order valence-corrected chi connectivity index (χ1v) is 8.60. The molecule has 0 radical (unpaired) electrons. The monoisotopic (exact) mass is 404 g/mol. The van der Waals surface area contributed by atoms with E-state index >= 15 is 0 Å². The van der Waals surface area contributed by atoms with E-state index in [9.17, 15) is 34.8 Å². The van der Waals surface area contributed by atoms with Crippen LogP contribution in [0.15, 0.2) is 47.4 Å². The summed E-state index contributed by atoms with van der Waals surface area (Å²) in [6.45, 7) is 0. The van der Waals surface area contributed by atoms with Gasteiger partial charge in [-0.15, -0.1) is 0 Å². The fourth-order valence-corrected chi connectivity index (χ4v) is 2.60. The molecular weight excluding hydrogens is 398 g/mol. The fourth-order valence-electron chi connectivity index (χ4n) is 1.81. The van der Waals surface area contributed by atoms with Gasteiger partial charge in [0.2, 0.25) is 0 Å². The van der Waals surface area contributed by atoms with Crippen molar-refractivity contribution in [1.82, 2.24) is 0 Å². The molecule has 136 valence electrons. The highest BCUT2D eigenvalue weighted by Crippen LogP contribution is 2.39. The van der Waals surface area contributed by atoms with Crippen LogP contribution in [0.5, 0.6) is 11.5 Å². The molecule has 0 aliphatic rings. The predicted molar refractivity (Wildman–Crippen MR) is 76.0 cm³/mol. The fraction of sp³-hybridized carbons (Fsp3) is 0.143. The maximum absolute atomic E-state index is 12.8. The van der Waals surface area contributed by atoms with E-state index in [0.717, 1.165) is 18.2 Å². The summed E-state index contributed by atoms with van der Waals surface area (Å²) in [5.41, 5.74) is -3.11. The van der Waals surface area contributed by atoms with Gasteiger partial charge in [-0.1, -0.05) is 6.07 Å². The van der Waals surface area contributed by atoms with Crippen LogP contribution in [0, 0.1) is 0 Å². The molecule has 2 rings (SSSR count). The Kier molecular flexibility index (Phi) is 4.97. The van der Waals surface area contributed by atoms with Crippen molar-refractivity contribution in [2.75, 3.05) is 0 Å². The number of alkyl halides is 6. The largest absolute Gasteiger partial charge is 0.457 e. The van der Waals surface area contributed by atoms with Crippen LogP contribution in [0.2, 0.25) is 0 Å². The average Bonchev–Trinajstić information content (AvgIpc) is 2.44. The average molecular weight is 405 g/mol. The van der Waals surface area contributed by atoms with Crippen LogP contribution in [0.3, 0.4) is 0 Å². The molecule has 0 aliphatic heterocycles. The molecule has 0 spiro atoms. The first-order chi connectivity index (χ1) is 11.3. The zero-order valence-corrected chi connectivity index (χ0v) is 13.4. The summed E-state index contributed by atoms with van der Waals surface area (Å²) < 4.78 is 104. The third-order valence-electron chi connectivity index (χ3n) is 2.88. The number of hydrogen-bond acceptors (Lipinski definition) is 3. The van der Waals surface area contributed by atoms with Gasteiger partial charge in [-0.2, -0.15) is 26.3 Å². The van der Waals surface area contributed by atoms with Crippen LogP contribution in [0.4, 0.5) is 26.3 Å². The van der Waals surface area contributed by atoms with Gasteiger partial charge < -0.3 is 4.74 Å². The SMILES string of the molecule is O=S(=O)(Cl)c1cccc(Oc2cc(C(F)(F)F)cc(C(F)(F)F)c2)c1. The van der Waals surface area contributed by atoms with Gasteiger partial charge in [0.25, 0.3) is 9.05 Å². The summed E-state index contributed by atoms with van der Waals surface area (Å²) in [7, 11) is 0.975. The third kappa shape index (κ3) is 5.02. The van der Waals surface area contributed by atoms with Crippen molar-refractivity contribution < 1.29 is 39.5 Å². The first-order valence-electron chi connectivity index (χ1n) is 6.29. The van der Waals surface area contributed by atoms with Gasteiger partial charge in [0.15, 0.2) is 0 Å². The molecule has 2 aromatic carbocycles. The number of halogens is 7. The van der Waals surface area contributed by atoms with Gasteiger partial charge in [0.1, 0.15) is 11.5 Å². The van der Waals surface area contributed by atoms with Crippen molar-refractivity contribution in [1.29, 1.82) is 0 Å². The molecule has 2 aromatic rings. The van der Waals surface area contributed by atoms with E-state index in [1.165, 1.54) is 6.07 Å². The molecule has 0 saturated heterocycles. The number of ether oxygens (including phenoxy) is 1. The second-order valence-electron chi connectivity index (χ2n) is 4.76. The maximum atomic E-state index is 12.8. The van der Waals surface area contributed by atoms with Crippen molar-refractivity contribution in [3.05, 3.63) is 53.6 Å². The van der Waals surface area contributed by atoms with E-state index in [1.807, 2.05) is 0 Å². The Morgan fingerprint density at radius 2 is 1.32 bits per heavy atom. The standard InChI is InChI=1S/C14H7ClF6O3S/c15-25(22,23)12-3-1-2-10(7-12)24-11-5-8(13(16,17)18)4-9(6-11)14(19,20)21/h1-7H. The lowest BCUT2D eigenvalue weighted by molar-refractivity contribution is -0.143. The molecule has 3 nitrogen and oxygen atoms in total. The normalized spacial score (nSPS) is 12.9. The summed E-state index contributed by atoms with van der Waals surface area (Å²) in [6, 6.07) is 4.97. The van der Waals surface area contributed by atoms with E-state index in [-0.39, 0.29) is 11.8 Å². The lowest BCUT2D eigenvalue weighted by Crippen LogP contribution is -2.11.